The minimum absolute atomic E-state index is 0.329. The molecule has 4 unspecified atom stereocenters. The van der Waals surface area contributed by atoms with Crippen LogP contribution in [0.3, 0.4) is 0 Å². The predicted molar refractivity (Wildman–Crippen MR) is 90.0 cm³/mol. The molecule has 0 amide bonds. The first kappa shape index (κ1) is 16.0. The normalized spacial score (nSPS) is 28.1. The van der Waals surface area contributed by atoms with Crippen LogP contribution in [-0.4, -0.2) is 40.1 Å². The topological polar surface area (TPSA) is 34.1 Å². The first-order valence-corrected chi connectivity index (χ1v) is 9.17. The van der Waals surface area contributed by atoms with Gasteiger partial charge in [0.05, 0.1) is 12.8 Å². The Morgan fingerprint density at radius 1 is 1.40 bits per heavy atom. The van der Waals surface area contributed by atoms with Crippen LogP contribution in [0.5, 0.6) is 5.75 Å². The lowest BCUT2D eigenvalue weighted by Gasteiger charge is -2.36. The van der Waals surface area contributed by atoms with E-state index in [4.69, 9.17) is 4.74 Å². The number of hydrogen-bond donors (Lipinski definition) is 1. The Morgan fingerprint density at radius 3 is 2.85 bits per heavy atom. The summed E-state index contributed by atoms with van der Waals surface area (Å²) < 4.78 is 5.56. The van der Waals surface area contributed by atoms with Gasteiger partial charge in [-0.1, -0.05) is 13.8 Å². The van der Waals surface area contributed by atoms with Gasteiger partial charge in [-0.3, -0.25) is 4.98 Å². The molecular formula is C15H24N2OS2. The summed E-state index contributed by atoms with van der Waals surface area (Å²) in [6.07, 6.45) is 3.74. The Hall–Kier alpha value is -0.390. The molecule has 3 nitrogen and oxygen atoms in total. The zero-order valence-corrected chi connectivity index (χ0v) is 14.3. The maximum Gasteiger partial charge on any atom is 0.137 e. The van der Waals surface area contributed by atoms with E-state index >= 15 is 0 Å². The van der Waals surface area contributed by atoms with Gasteiger partial charge in [0, 0.05) is 33.7 Å². The molecule has 0 bridgehead atoms. The molecule has 0 radical (unpaired) electrons. The second kappa shape index (κ2) is 7.57. The van der Waals surface area contributed by atoms with Crippen molar-refractivity contribution in [1.82, 2.24) is 10.3 Å². The number of aromatic nitrogens is 1. The number of thioether (sulfide) groups is 2. The highest BCUT2D eigenvalue weighted by Gasteiger charge is 2.31. The van der Waals surface area contributed by atoms with E-state index < -0.39 is 0 Å². The van der Waals surface area contributed by atoms with Gasteiger partial charge in [-0.05, 0) is 25.6 Å². The van der Waals surface area contributed by atoms with E-state index in [2.05, 4.69) is 53.7 Å². The van der Waals surface area contributed by atoms with Crippen molar-refractivity contribution in [3.8, 4) is 5.75 Å². The quantitative estimate of drug-likeness (QED) is 0.901. The average molecular weight is 313 g/mol. The molecule has 112 valence electrons. The van der Waals surface area contributed by atoms with E-state index in [9.17, 15) is 0 Å². The Balaban J connectivity index is 2.13. The summed E-state index contributed by atoms with van der Waals surface area (Å²) in [7, 11) is 2.03. The second-order valence-corrected chi connectivity index (χ2v) is 8.10. The van der Waals surface area contributed by atoms with Crippen LogP contribution in [-0.2, 0) is 0 Å². The van der Waals surface area contributed by atoms with E-state index in [1.807, 2.05) is 20.2 Å². The van der Waals surface area contributed by atoms with Crippen LogP contribution >= 0.6 is 23.5 Å². The predicted octanol–water partition coefficient (Wildman–Crippen LogP) is 3.37. The lowest BCUT2D eigenvalue weighted by molar-refractivity contribution is 0.338. The highest BCUT2D eigenvalue weighted by atomic mass is 32.2. The standard InChI is InChI=1S/C15H24N2OS2/c1-5-18-13-6-12(7-17-8-13)15(16-4)14-9-19-10(2)11(3)20-14/h6-8,10-11,14-16H,5,9H2,1-4H3. The lowest BCUT2D eigenvalue weighted by atomic mass is 10.1. The van der Waals surface area contributed by atoms with Gasteiger partial charge in [-0.15, -0.1) is 0 Å². The van der Waals surface area contributed by atoms with Crippen LogP contribution in [0.25, 0.3) is 0 Å². The van der Waals surface area contributed by atoms with Crippen molar-refractivity contribution in [1.29, 1.82) is 0 Å². The Bertz CT molecular complexity index is 430. The molecular weight excluding hydrogens is 288 g/mol. The van der Waals surface area contributed by atoms with Gasteiger partial charge in [0.2, 0.25) is 0 Å². The SMILES string of the molecule is CCOc1cncc(C(NC)C2CSC(C)C(C)S2)c1. The van der Waals surface area contributed by atoms with Crippen molar-refractivity contribution >= 4 is 23.5 Å². The third-order valence-electron chi connectivity index (χ3n) is 3.66. The number of rotatable bonds is 5. The van der Waals surface area contributed by atoms with Crippen LogP contribution in [0.4, 0.5) is 0 Å². The number of pyridine rings is 1. The molecule has 0 saturated carbocycles. The highest BCUT2D eigenvalue weighted by molar-refractivity contribution is 8.07. The summed E-state index contributed by atoms with van der Waals surface area (Å²) in [5, 5.41) is 5.47. The zero-order valence-electron chi connectivity index (χ0n) is 12.6. The summed E-state index contributed by atoms with van der Waals surface area (Å²) in [5.74, 6) is 2.04. The highest BCUT2D eigenvalue weighted by Crippen LogP contribution is 2.41. The van der Waals surface area contributed by atoms with E-state index in [0.717, 1.165) is 11.0 Å². The molecule has 0 spiro atoms. The van der Waals surface area contributed by atoms with Gasteiger partial charge in [-0.25, -0.2) is 0 Å². The van der Waals surface area contributed by atoms with Crippen LogP contribution in [0.15, 0.2) is 18.5 Å². The molecule has 0 aliphatic carbocycles. The minimum atomic E-state index is 0.329. The summed E-state index contributed by atoms with van der Waals surface area (Å²) in [5.41, 5.74) is 1.22. The van der Waals surface area contributed by atoms with E-state index in [-0.39, 0.29) is 0 Å². The molecule has 1 aliphatic rings. The van der Waals surface area contributed by atoms with Crippen LogP contribution in [0.2, 0.25) is 0 Å². The fourth-order valence-corrected chi connectivity index (χ4v) is 5.56. The fourth-order valence-electron chi connectivity index (χ4n) is 2.40. The first-order valence-electron chi connectivity index (χ1n) is 7.17. The van der Waals surface area contributed by atoms with Gasteiger partial charge < -0.3 is 10.1 Å². The number of nitrogens with one attached hydrogen (secondary N) is 1. The summed E-state index contributed by atoms with van der Waals surface area (Å²) >= 11 is 4.16. The maximum absolute atomic E-state index is 5.56. The molecule has 1 aromatic rings. The van der Waals surface area contributed by atoms with Crippen molar-refractivity contribution in [2.75, 3.05) is 19.4 Å². The molecule has 1 aliphatic heterocycles. The van der Waals surface area contributed by atoms with E-state index in [1.54, 1.807) is 6.20 Å². The Kier molecular flexibility index (Phi) is 6.05. The van der Waals surface area contributed by atoms with Crippen LogP contribution in [0.1, 0.15) is 32.4 Å². The van der Waals surface area contributed by atoms with E-state index in [1.165, 1.54) is 11.3 Å². The summed E-state index contributed by atoms with van der Waals surface area (Å²) in [4.78, 5) is 4.32. The molecule has 1 N–H and O–H groups in total. The number of hydrogen-bond acceptors (Lipinski definition) is 5. The van der Waals surface area contributed by atoms with Gasteiger partial charge in [-0.2, -0.15) is 23.5 Å². The zero-order chi connectivity index (χ0) is 14.5. The van der Waals surface area contributed by atoms with Crippen molar-refractivity contribution in [3.63, 3.8) is 0 Å². The average Bonchev–Trinajstić information content (AvgIpc) is 2.44. The van der Waals surface area contributed by atoms with Crippen molar-refractivity contribution < 1.29 is 4.74 Å². The molecule has 0 aromatic carbocycles. The second-order valence-electron chi connectivity index (χ2n) is 5.07. The summed E-state index contributed by atoms with van der Waals surface area (Å²) in [6, 6.07) is 2.45. The third kappa shape index (κ3) is 3.83. The largest absolute Gasteiger partial charge is 0.492 e. The van der Waals surface area contributed by atoms with Gasteiger partial charge in [0.15, 0.2) is 0 Å². The molecule has 1 aromatic heterocycles. The first-order chi connectivity index (χ1) is 9.65. The lowest BCUT2D eigenvalue weighted by Crippen LogP contribution is -2.35. The summed E-state index contributed by atoms with van der Waals surface area (Å²) in [6.45, 7) is 7.33. The number of nitrogens with zero attached hydrogens (tertiary/aromatic N) is 1. The maximum atomic E-state index is 5.56. The van der Waals surface area contributed by atoms with Crippen molar-refractivity contribution in [2.24, 2.45) is 0 Å². The van der Waals surface area contributed by atoms with Gasteiger partial charge in [0.1, 0.15) is 5.75 Å². The molecule has 5 heteroatoms. The van der Waals surface area contributed by atoms with Crippen LogP contribution in [0, 0.1) is 0 Å². The molecule has 4 atom stereocenters. The molecule has 2 heterocycles. The molecule has 1 saturated heterocycles. The number of ether oxygens (including phenoxy) is 1. The minimum Gasteiger partial charge on any atom is -0.492 e. The van der Waals surface area contributed by atoms with Crippen LogP contribution < -0.4 is 10.1 Å². The third-order valence-corrected chi connectivity index (χ3v) is 7.16. The van der Waals surface area contributed by atoms with Crippen molar-refractivity contribution in [2.45, 2.75) is 42.6 Å². The van der Waals surface area contributed by atoms with Crippen molar-refractivity contribution in [3.05, 3.63) is 24.0 Å². The molecule has 1 fully saturated rings. The monoisotopic (exact) mass is 312 g/mol. The Labute approximate surface area is 130 Å². The fraction of sp³-hybridized carbons (Fsp3) is 0.667. The van der Waals surface area contributed by atoms with E-state index in [0.29, 0.717) is 23.1 Å². The van der Waals surface area contributed by atoms with Gasteiger partial charge in [0.25, 0.3) is 0 Å². The Morgan fingerprint density at radius 2 is 2.20 bits per heavy atom. The smallest absolute Gasteiger partial charge is 0.137 e. The molecule has 2 rings (SSSR count). The molecule has 20 heavy (non-hydrogen) atoms. The van der Waals surface area contributed by atoms with Gasteiger partial charge >= 0.3 is 0 Å².